The van der Waals surface area contributed by atoms with Gasteiger partial charge < -0.3 is 4.90 Å². The zero-order valence-electron chi connectivity index (χ0n) is 12.7. The molecule has 1 spiro atoms. The van der Waals surface area contributed by atoms with Gasteiger partial charge in [-0.1, -0.05) is 32.6 Å². The predicted octanol–water partition coefficient (Wildman–Crippen LogP) is 3.05. The van der Waals surface area contributed by atoms with Gasteiger partial charge in [0.25, 0.3) is 0 Å². The van der Waals surface area contributed by atoms with Crippen molar-refractivity contribution >= 4 is 5.91 Å². The minimum absolute atomic E-state index is 0.161. The molecule has 112 valence electrons. The molecule has 0 bridgehead atoms. The number of amides is 1. The second-order valence-corrected chi connectivity index (χ2v) is 7.87. The van der Waals surface area contributed by atoms with Crippen LogP contribution in [0.1, 0.15) is 71.1 Å². The molecule has 0 aromatic rings. The van der Waals surface area contributed by atoms with Gasteiger partial charge in [0.1, 0.15) is 0 Å². The van der Waals surface area contributed by atoms with Crippen molar-refractivity contribution in [3.05, 3.63) is 0 Å². The SMILES string of the molecule is CC1CC(N2C(=O)C3(CCCC3)NC2C2CCCC2)C1. The minimum atomic E-state index is -0.161. The van der Waals surface area contributed by atoms with Crippen molar-refractivity contribution in [2.75, 3.05) is 0 Å². The molecule has 1 unspecified atom stereocenters. The molecule has 1 amide bonds. The Morgan fingerprint density at radius 2 is 1.75 bits per heavy atom. The topological polar surface area (TPSA) is 32.3 Å². The normalized spacial score (nSPS) is 40.8. The van der Waals surface area contributed by atoms with E-state index in [9.17, 15) is 4.79 Å². The molecule has 1 heterocycles. The summed E-state index contributed by atoms with van der Waals surface area (Å²) in [5.74, 6) is 2.00. The Morgan fingerprint density at radius 3 is 2.35 bits per heavy atom. The highest BCUT2D eigenvalue weighted by Crippen LogP contribution is 2.45. The van der Waals surface area contributed by atoms with Gasteiger partial charge in [-0.05, 0) is 50.4 Å². The highest BCUT2D eigenvalue weighted by atomic mass is 16.2. The molecule has 1 saturated heterocycles. The van der Waals surface area contributed by atoms with Crippen LogP contribution in [0.2, 0.25) is 0 Å². The van der Waals surface area contributed by atoms with Gasteiger partial charge in [-0.2, -0.15) is 0 Å². The molecule has 0 aromatic carbocycles. The van der Waals surface area contributed by atoms with E-state index in [0.29, 0.717) is 18.1 Å². The fourth-order valence-corrected chi connectivity index (χ4v) is 5.22. The van der Waals surface area contributed by atoms with Crippen molar-refractivity contribution in [1.82, 2.24) is 10.2 Å². The monoisotopic (exact) mass is 276 g/mol. The maximum Gasteiger partial charge on any atom is 0.244 e. The van der Waals surface area contributed by atoms with E-state index in [0.717, 1.165) is 24.7 Å². The smallest absolute Gasteiger partial charge is 0.244 e. The number of carbonyl (C=O) groups is 1. The summed E-state index contributed by atoms with van der Waals surface area (Å²) in [5.41, 5.74) is -0.161. The maximum atomic E-state index is 13.1. The Kier molecular flexibility index (Phi) is 3.10. The van der Waals surface area contributed by atoms with E-state index in [2.05, 4.69) is 17.1 Å². The molecule has 1 N–H and O–H groups in total. The highest BCUT2D eigenvalue weighted by molar-refractivity contribution is 5.89. The van der Waals surface area contributed by atoms with Gasteiger partial charge in [-0.15, -0.1) is 0 Å². The van der Waals surface area contributed by atoms with Gasteiger partial charge in [0.2, 0.25) is 5.91 Å². The van der Waals surface area contributed by atoms with Crippen LogP contribution in [-0.4, -0.2) is 28.6 Å². The van der Waals surface area contributed by atoms with Gasteiger partial charge in [-0.25, -0.2) is 0 Å². The molecule has 20 heavy (non-hydrogen) atoms. The summed E-state index contributed by atoms with van der Waals surface area (Å²) < 4.78 is 0. The molecule has 3 aliphatic carbocycles. The molecule has 4 fully saturated rings. The summed E-state index contributed by atoms with van der Waals surface area (Å²) in [5, 5.41) is 3.85. The van der Waals surface area contributed by atoms with Crippen LogP contribution in [0, 0.1) is 11.8 Å². The van der Waals surface area contributed by atoms with E-state index < -0.39 is 0 Å². The number of hydrogen-bond acceptors (Lipinski definition) is 2. The first kappa shape index (κ1) is 13.1. The van der Waals surface area contributed by atoms with Crippen LogP contribution in [0.5, 0.6) is 0 Å². The number of carbonyl (C=O) groups excluding carboxylic acids is 1. The maximum absolute atomic E-state index is 13.1. The van der Waals surface area contributed by atoms with Crippen LogP contribution in [0.15, 0.2) is 0 Å². The Labute approximate surface area is 122 Å². The molecule has 4 rings (SSSR count). The summed E-state index contributed by atoms with van der Waals surface area (Å²) in [6.07, 6.45) is 12.8. The lowest BCUT2D eigenvalue weighted by molar-refractivity contribution is -0.138. The second kappa shape index (κ2) is 4.72. The number of hydrogen-bond donors (Lipinski definition) is 1. The quantitative estimate of drug-likeness (QED) is 0.841. The zero-order valence-corrected chi connectivity index (χ0v) is 12.7. The summed E-state index contributed by atoms with van der Waals surface area (Å²) in [7, 11) is 0. The largest absolute Gasteiger partial charge is 0.322 e. The predicted molar refractivity (Wildman–Crippen MR) is 79.1 cm³/mol. The van der Waals surface area contributed by atoms with Crippen molar-refractivity contribution in [3.8, 4) is 0 Å². The molecule has 1 aliphatic heterocycles. The fraction of sp³-hybridized carbons (Fsp3) is 0.941. The van der Waals surface area contributed by atoms with Crippen LogP contribution >= 0.6 is 0 Å². The zero-order chi connectivity index (χ0) is 13.7. The molecular weight excluding hydrogens is 248 g/mol. The minimum Gasteiger partial charge on any atom is -0.322 e. The number of nitrogens with zero attached hydrogens (tertiary/aromatic N) is 1. The van der Waals surface area contributed by atoms with Crippen LogP contribution in [0.3, 0.4) is 0 Å². The molecule has 1 atom stereocenters. The van der Waals surface area contributed by atoms with E-state index >= 15 is 0 Å². The van der Waals surface area contributed by atoms with E-state index in [1.54, 1.807) is 0 Å². The average Bonchev–Trinajstić information content (AvgIpc) is 3.11. The first-order valence-corrected chi connectivity index (χ1v) is 8.80. The number of nitrogens with one attached hydrogen (secondary N) is 1. The third kappa shape index (κ3) is 1.85. The molecule has 4 aliphatic rings. The highest BCUT2D eigenvalue weighted by Gasteiger charge is 2.56. The lowest BCUT2D eigenvalue weighted by Crippen LogP contribution is -2.52. The van der Waals surface area contributed by atoms with Crippen molar-refractivity contribution in [1.29, 1.82) is 0 Å². The lowest BCUT2D eigenvalue weighted by atomic mass is 9.80. The molecule has 3 nitrogen and oxygen atoms in total. The third-order valence-electron chi connectivity index (χ3n) is 6.41. The summed E-state index contributed by atoms with van der Waals surface area (Å²) in [6.45, 7) is 2.32. The summed E-state index contributed by atoms with van der Waals surface area (Å²) >= 11 is 0. The Bertz CT molecular complexity index is 390. The second-order valence-electron chi connectivity index (χ2n) is 7.87. The van der Waals surface area contributed by atoms with Crippen molar-refractivity contribution in [2.24, 2.45) is 11.8 Å². The fourth-order valence-electron chi connectivity index (χ4n) is 5.22. The Balaban J connectivity index is 1.59. The first-order chi connectivity index (χ1) is 9.70. The van der Waals surface area contributed by atoms with E-state index in [1.807, 2.05) is 0 Å². The molecule has 0 radical (unpaired) electrons. The molecule has 3 heteroatoms. The van der Waals surface area contributed by atoms with Crippen molar-refractivity contribution in [3.63, 3.8) is 0 Å². The Hall–Kier alpha value is -0.570. The lowest BCUT2D eigenvalue weighted by Gasteiger charge is -2.43. The van der Waals surface area contributed by atoms with Crippen LogP contribution in [-0.2, 0) is 4.79 Å². The first-order valence-electron chi connectivity index (χ1n) is 8.80. The van der Waals surface area contributed by atoms with Crippen LogP contribution in [0.25, 0.3) is 0 Å². The van der Waals surface area contributed by atoms with Crippen molar-refractivity contribution < 1.29 is 4.79 Å². The van der Waals surface area contributed by atoms with Gasteiger partial charge >= 0.3 is 0 Å². The van der Waals surface area contributed by atoms with E-state index in [-0.39, 0.29) is 5.54 Å². The van der Waals surface area contributed by atoms with E-state index in [4.69, 9.17) is 0 Å². The molecule has 0 aromatic heterocycles. The van der Waals surface area contributed by atoms with Gasteiger partial charge in [0.15, 0.2) is 0 Å². The summed E-state index contributed by atoms with van der Waals surface area (Å²) in [6, 6.07) is 0.538. The Morgan fingerprint density at radius 1 is 1.10 bits per heavy atom. The van der Waals surface area contributed by atoms with E-state index in [1.165, 1.54) is 51.4 Å². The average molecular weight is 276 g/mol. The van der Waals surface area contributed by atoms with Gasteiger partial charge in [0.05, 0.1) is 11.7 Å². The standard InChI is InChI=1S/C17H28N2O/c1-12-10-14(11-12)19-15(13-6-2-3-7-13)18-17(16(19)20)8-4-5-9-17/h12-15,18H,2-11H2,1H3. The molecule has 3 saturated carbocycles. The van der Waals surface area contributed by atoms with Crippen molar-refractivity contribution in [2.45, 2.75) is 88.9 Å². The molecular formula is C17H28N2O. The number of rotatable bonds is 2. The summed E-state index contributed by atoms with van der Waals surface area (Å²) in [4.78, 5) is 15.4. The third-order valence-corrected chi connectivity index (χ3v) is 6.41. The van der Waals surface area contributed by atoms with Crippen LogP contribution in [0.4, 0.5) is 0 Å². The van der Waals surface area contributed by atoms with Gasteiger partial charge in [-0.3, -0.25) is 10.1 Å². The van der Waals surface area contributed by atoms with Gasteiger partial charge in [0, 0.05) is 6.04 Å². The van der Waals surface area contributed by atoms with Crippen LogP contribution < -0.4 is 5.32 Å².